The van der Waals surface area contributed by atoms with Gasteiger partial charge in [-0.05, 0) is 6.07 Å². The van der Waals surface area contributed by atoms with Crippen LogP contribution in [0.3, 0.4) is 0 Å². The zero-order valence-corrected chi connectivity index (χ0v) is 9.87. The Hall–Kier alpha value is -0.680. The van der Waals surface area contributed by atoms with E-state index in [1.807, 2.05) is 6.92 Å². The van der Waals surface area contributed by atoms with Crippen molar-refractivity contribution in [2.75, 3.05) is 23.4 Å². The summed E-state index contributed by atoms with van der Waals surface area (Å²) in [5, 5.41) is 3.03. The lowest BCUT2D eigenvalue weighted by Gasteiger charge is -2.05. The number of aromatic nitrogens is 1. The minimum absolute atomic E-state index is 0.146. The topological polar surface area (TPSA) is 42.0 Å². The lowest BCUT2D eigenvalue weighted by molar-refractivity contribution is 0.625. The molecule has 0 spiro atoms. The summed E-state index contributed by atoms with van der Waals surface area (Å²) in [7, 11) is -0.850. The molecule has 1 unspecified atom stereocenters. The molecule has 0 aliphatic carbocycles. The molecule has 1 rings (SSSR count). The summed E-state index contributed by atoms with van der Waals surface area (Å²) >= 11 is 5.54. The van der Waals surface area contributed by atoms with Gasteiger partial charge in [-0.25, -0.2) is 9.37 Å². The molecule has 1 N–H and O–H groups in total. The molecule has 0 bridgehead atoms. The Kier molecular flexibility index (Phi) is 4.98. The molecular weight excluding hydrogens is 239 g/mol. The third kappa shape index (κ3) is 4.13. The number of nitrogens with zero attached hydrogens (tertiary/aromatic N) is 1. The van der Waals surface area contributed by atoms with Crippen molar-refractivity contribution in [1.29, 1.82) is 0 Å². The van der Waals surface area contributed by atoms with Gasteiger partial charge < -0.3 is 5.32 Å². The lowest BCUT2D eigenvalue weighted by Crippen LogP contribution is -2.13. The van der Waals surface area contributed by atoms with Crippen LogP contribution < -0.4 is 5.32 Å². The summed E-state index contributed by atoms with van der Waals surface area (Å²) in [5.41, 5.74) is 0. The van der Waals surface area contributed by atoms with Gasteiger partial charge in [-0.3, -0.25) is 4.21 Å². The van der Waals surface area contributed by atoms with Gasteiger partial charge in [0.15, 0.2) is 11.6 Å². The van der Waals surface area contributed by atoms with E-state index in [9.17, 15) is 8.60 Å². The molecule has 15 heavy (non-hydrogen) atoms. The molecule has 1 atom stereocenters. The van der Waals surface area contributed by atoms with Gasteiger partial charge in [-0.15, -0.1) is 0 Å². The zero-order valence-electron chi connectivity index (χ0n) is 8.30. The monoisotopic (exact) mass is 250 g/mol. The Bertz CT molecular complexity index is 362. The molecule has 1 aromatic heterocycles. The van der Waals surface area contributed by atoms with Crippen LogP contribution in [0.2, 0.25) is 5.02 Å². The molecule has 3 nitrogen and oxygen atoms in total. The molecule has 0 aromatic carbocycles. The van der Waals surface area contributed by atoms with Crippen molar-refractivity contribution in [3.05, 3.63) is 23.1 Å². The fourth-order valence-corrected chi connectivity index (χ4v) is 1.74. The first-order chi connectivity index (χ1) is 7.13. The molecule has 1 aromatic rings. The van der Waals surface area contributed by atoms with Crippen LogP contribution in [0.4, 0.5) is 10.2 Å². The van der Waals surface area contributed by atoms with Crippen molar-refractivity contribution in [1.82, 2.24) is 4.98 Å². The summed E-state index contributed by atoms with van der Waals surface area (Å²) in [6.07, 6.45) is 1.36. The van der Waals surface area contributed by atoms with Crippen molar-refractivity contribution in [3.63, 3.8) is 0 Å². The molecule has 0 aliphatic heterocycles. The highest BCUT2D eigenvalue weighted by Gasteiger charge is 2.04. The zero-order chi connectivity index (χ0) is 11.3. The average Bonchev–Trinajstić information content (AvgIpc) is 2.21. The number of rotatable bonds is 5. The molecule has 0 aliphatic rings. The largest absolute Gasteiger partial charge is 0.367 e. The van der Waals surface area contributed by atoms with E-state index in [4.69, 9.17) is 11.6 Å². The second kappa shape index (κ2) is 6.02. The number of nitrogens with one attached hydrogen (secondary N) is 1. The van der Waals surface area contributed by atoms with E-state index in [0.29, 0.717) is 18.1 Å². The summed E-state index contributed by atoms with van der Waals surface area (Å²) in [6.45, 7) is 2.28. The van der Waals surface area contributed by atoms with E-state index < -0.39 is 16.6 Å². The predicted octanol–water partition coefficient (Wildman–Crippen LogP) is 2.05. The number of anilines is 1. The highest BCUT2D eigenvalue weighted by molar-refractivity contribution is 7.84. The second-order valence-electron chi connectivity index (χ2n) is 2.84. The van der Waals surface area contributed by atoms with Gasteiger partial charge in [0.05, 0.1) is 5.02 Å². The van der Waals surface area contributed by atoms with Gasteiger partial charge in [0, 0.05) is 35.0 Å². The molecule has 0 fully saturated rings. The first-order valence-electron chi connectivity index (χ1n) is 4.53. The minimum Gasteiger partial charge on any atom is -0.367 e. The second-order valence-corrected chi connectivity index (χ2v) is 5.15. The van der Waals surface area contributed by atoms with Crippen molar-refractivity contribution in [2.24, 2.45) is 0 Å². The molecular formula is C9H12ClFN2OS. The third-order valence-corrected chi connectivity index (χ3v) is 3.26. The predicted molar refractivity (Wildman–Crippen MR) is 61.2 cm³/mol. The molecule has 0 amide bonds. The maximum Gasteiger partial charge on any atom is 0.166 e. The number of hydrogen-bond acceptors (Lipinski definition) is 3. The fraction of sp³-hybridized carbons (Fsp3) is 0.444. The SMILES string of the molecule is CCS(=O)CCNc1ncc(Cl)cc1F. The van der Waals surface area contributed by atoms with E-state index in [2.05, 4.69) is 10.3 Å². The molecule has 84 valence electrons. The molecule has 1 heterocycles. The standard InChI is InChI=1S/C9H12ClFN2OS/c1-2-15(14)4-3-12-9-8(11)5-7(10)6-13-9/h5-6H,2-4H2,1H3,(H,12,13). The number of halogens is 2. The fourth-order valence-electron chi connectivity index (χ4n) is 0.972. The summed E-state index contributed by atoms with van der Waals surface area (Å²) in [5.74, 6) is 0.746. The van der Waals surface area contributed by atoms with Crippen LogP contribution >= 0.6 is 11.6 Å². The Morgan fingerprint density at radius 3 is 3.00 bits per heavy atom. The third-order valence-electron chi connectivity index (χ3n) is 1.75. The molecule has 0 saturated heterocycles. The Morgan fingerprint density at radius 1 is 1.67 bits per heavy atom. The Balaban J connectivity index is 2.47. The van der Waals surface area contributed by atoms with Gasteiger partial charge in [0.25, 0.3) is 0 Å². The van der Waals surface area contributed by atoms with Crippen molar-refractivity contribution >= 4 is 28.2 Å². The summed E-state index contributed by atoms with van der Waals surface area (Å²) in [4.78, 5) is 3.78. The van der Waals surface area contributed by atoms with Crippen molar-refractivity contribution in [3.8, 4) is 0 Å². The van der Waals surface area contributed by atoms with Crippen LogP contribution in [0.15, 0.2) is 12.3 Å². The summed E-state index contributed by atoms with van der Waals surface area (Å²) in [6, 6.07) is 1.19. The first kappa shape index (κ1) is 12.4. The van der Waals surface area contributed by atoms with Crippen LogP contribution in [0.5, 0.6) is 0 Å². The quantitative estimate of drug-likeness (QED) is 0.870. The number of hydrogen-bond donors (Lipinski definition) is 1. The Labute approximate surface area is 95.5 Å². The maximum atomic E-state index is 13.2. The normalized spacial score (nSPS) is 12.5. The van der Waals surface area contributed by atoms with Crippen LogP contribution in [0.25, 0.3) is 0 Å². The first-order valence-corrected chi connectivity index (χ1v) is 6.40. The smallest absolute Gasteiger partial charge is 0.166 e. The Morgan fingerprint density at radius 2 is 2.40 bits per heavy atom. The van der Waals surface area contributed by atoms with Gasteiger partial charge in [0.1, 0.15) is 0 Å². The van der Waals surface area contributed by atoms with Crippen LogP contribution in [-0.4, -0.2) is 27.2 Å². The van der Waals surface area contributed by atoms with Crippen molar-refractivity contribution < 1.29 is 8.60 Å². The van der Waals surface area contributed by atoms with E-state index >= 15 is 0 Å². The molecule has 6 heteroatoms. The minimum atomic E-state index is -0.850. The van der Waals surface area contributed by atoms with Gasteiger partial charge in [0.2, 0.25) is 0 Å². The van der Waals surface area contributed by atoms with E-state index in [1.54, 1.807) is 0 Å². The maximum absolute atomic E-state index is 13.2. The van der Waals surface area contributed by atoms with E-state index in [0.717, 1.165) is 0 Å². The average molecular weight is 251 g/mol. The van der Waals surface area contributed by atoms with Crippen LogP contribution in [0, 0.1) is 5.82 Å². The highest BCUT2D eigenvalue weighted by Crippen LogP contribution is 2.14. The van der Waals surface area contributed by atoms with Crippen LogP contribution in [-0.2, 0) is 10.8 Å². The molecule has 0 radical (unpaired) electrons. The van der Waals surface area contributed by atoms with E-state index in [1.165, 1.54) is 12.3 Å². The van der Waals surface area contributed by atoms with Gasteiger partial charge >= 0.3 is 0 Å². The van der Waals surface area contributed by atoms with E-state index in [-0.39, 0.29) is 10.8 Å². The lowest BCUT2D eigenvalue weighted by atomic mass is 10.4. The number of pyridine rings is 1. The van der Waals surface area contributed by atoms with Crippen molar-refractivity contribution in [2.45, 2.75) is 6.92 Å². The van der Waals surface area contributed by atoms with Crippen LogP contribution in [0.1, 0.15) is 6.92 Å². The summed E-state index contributed by atoms with van der Waals surface area (Å²) < 4.78 is 24.2. The van der Waals surface area contributed by atoms with Gasteiger partial charge in [-0.2, -0.15) is 0 Å². The molecule has 0 saturated carbocycles. The highest BCUT2D eigenvalue weighted by atomic mass is 35.5. The van der Waals surface area contributed by atoms with Gasteiger partial charge in [-0.1, -0.05) is 18.5 Å².